The highest BCUT2D eigenvalue weighted by Crippen LogP contribution is 2.26. The van der Waals surface area contributed by atoms with Crippen molar-refractivity contribution in [2.24, 2.45) is 0 Å². The van der Waals surface area contributed by atoms with E-state index in [1.54, 1.807) is 18.4 Å². The molecule has 0 radical (unpaired) electrons. The minimum Gasteiger partial charge on any atom is -0.495 e. The molecule has 0 aliphatic heterocycles. The van der Waals surface area contributed by atoms with Crippen LogP contribution in [0.15, 0.2) is 11.4 Å². The van der Waals surface area contributed by atoms with Crippen LogP contribution in [0.25, 0.3) is 0 Å². The van der Waals surface area contributed by atoms with E-state index in [-0.39, 0.29) is 18.4 Å². The van der Waals surface area contributed by atoms with Crippen LogP contribution in [0.2, 0.25) is 0 Å². The zero-order valence-electron chi connectivity index (χ0n) is 11.5. The van der Waals surface area contributed by atoms with E-state index in [4.69, 9.17) is 9.47 Å². The minimum atomic E-state index is -0.389. The fraction of sp³-hybridized carbons (Fsp3) is 0.538. The molecule has 1 heterocycles. The highest BCUT2D eigenvalue weighted by atomic mass is 32.1. The van der Waals surface area contributed by atoms with E-state index in [0.29, 0.717) is 23.8 Å². The average molecular weight is 285 g/mol. The number of thiophene rings is 1. The second-order valence-electron chi connectivity index (χ2n) is 3.85. The molecule has 0 saturated carbocycles. The van der Waals surface area contributed by atoms with Crippen molar-refractivity contribution < 1.29 is 19.1 Å². The van der Waals surface area contributed by atoms with E-state index in [1.165, 1.54) is 23.3 Å². The van der Waals surface area contributed by atoms with Gasteiger partial charge in [0.2, 0.25) is 0 Å². The maximum atomic E-state index is 12.4. The first-order valence-electron chi connectivity index (χ1n) is 6.20. The molecular formula is C13H19NO4S. The standard InChI is InChI=1S/C13H19NO4S/c1-4-7-14(9-11(15)18-5-2)13(16)12-10(17-3)6-8-19-12/h6,8H,4-5,7,9H2,1-3H3. The fourth-order valence-corrected chi connectivity index (χ4v) is 2.47. The number of nitrogens with zero attached hydrogens (tertiary/aromatic N) is 1. The van der Waals surface area contributed by atoms with Gasteiger partial charge < -0.3 is 14.4 Å². The Morgan fingerprint density at radius 2 is 2.11 bits per heavy atom. The normalized spacial score (nSPS) is 10.1. The molecule has 0 aliphatic carbocycles. The number of hydrogen-bond acceptors (Lipinski definition) is 5. The van der Waals surface area contributed by atoms with Gasteiger partial charge in [0.1, 0.15) is 17.2 Å². The molecule has 0 saturated heterocycles. The number of rotatable bonds is 7. The highest BCUT2D eigenvalue weighted by Gasteiger charge is 2.22. The Morgan fingerprint density at radius 3 is 2.68 bits per heavy atom. The van der Waals surface area contributed by atoms with Crippen molar-refractivity contribution in [1.29, 1.82) is 0 Å². The van der Waals surface area contributed by atoms with Crippen LogP contribution in [0.4, 0.5) is 0 Å². The Labute approximate surface area is 117 Å². The maximum Gasteiger partial charge on any atom is 0.325 e. The van der Waals surface area contributed by atoms with Gasteiger partial charge in [-0.15, -0.1) is 11.3 Å². The fourth-order valence-electron chi connectivity index (χ4n) is 1.64. The number of hydrogen-bond donors (Lipinski definition) is 0. The molecule has 5 nitrogen and oxygen atoms in total. The Bertz CT molecular complexity index is 430. The van der Waals surface area contributed by atoms with Crippen LogP contribution >= 0.6 is 11.3 Å². The van der Waals surface area contributed by atoms with Crippen molar-refractivity contribution in [2.75, 3.05) is 26.8 Å². The third-order valence-electron chi connectivity index (χ3n) is 2.45. The van der Waals surface area contributed by atoms with E-state index < -0.39 is 0 Å². The van der Waals surface area contributed by atoms with Gasteiger partial charge >= 0.3 is 5.97 Å². The summed E-state index contributed by atoms with van der Waals surface area (Å²) in [7, 11) is 1.52. The van der Waals surface area contributed by atoms with Crippen molar-refractivity contribution in [3.05, 3.63) is 16.3 Å². The average Bonchev–Trinajstić information content (AvgIpc) is 2.86. The molecular weight excluding hydrogens is 266 g/mol. The Hall–Kier alpha value is -1.56. The molecule has 0 aromatic carbocycles. The number of esters is 1. The first-order valence-corrected chi connectivity index (χ1v) is 7.08. The molecule has 1 rings (SSSR count). The molecule has 1 aromatic heterocycles. The molecule has 0 N–H and O–H groups in total. The van der Waals surface area contributed by atoms with Gasteiger partial charge in [0.05, 0.1) is 13.7 Å². The molecule has 0 bridgehead atoms. The largest absolute Gasteiger partial charge is 0.495 e. The van der Waals surface area contributed by atoms with Gasteiger partial charge in [-0.2, -0.15) is 0 Å². The van der Waals surface area contributed by atoms with E-state index in [1.807, 2.05) is 6.92 Å². The predicted molar refractivity (Wildman–Crippen MR) is 73.7 cm³/mol. The van der Waals surface area contributed by atoms with Crippen LogP contribution in [-0.4, -0.2) is 43.6 Å². The Balaban J connectivity index is 2.80. The summed E-state index contributed by atoms with van der Waals surface area (Å²) in [6, 6.07) is 1.74. The van der Waals surface area contributed by atoms with Gasteiger partial charge in [0, 0.05) is 6.54 Å². The number of methoxy groups -OCH3 is 1. The van der Waals surface area contributed by atoms with Gasteiger partial charge in [0.25, 0.3) is 5.91 Å². The minimum absolute atomic E-state index is 0.0262. The SMILES string of the molecule is CCCN(CC(=O)OCC)C(=O)c1sccc1OC. The lowest BCUT2D eigenvalue weighted by Crippen LogP contribution is -2.36. The van der Waals surface area contributed by atoms with E-state index in [0.717, 1.165) is 6.42 Å². The van der Waals surface area contributed by atoms with Crippen molar-refractivity contribution in [3.8, 4) is 5.75 Å². The number of carbonyl (C=O) groups is 2. The molecule has 1 amide bonds. The topological polar surface area (TPSA) is 55.8 Å². The van der Waals surface area contributed by atoms with Crippen molar-refractivity contribution >= 4 is 23.2 Å². The zero-order chi connectivity index (χ0) is 14.3. The quantitative estimate of drug-likeness (QED) is 0.720. The van der Waals surface area contributed by atoms with Crippen molar-refractivity contribution in [3.63, 3.8) is 0 Å². The first kappa shape index (κ1) is 15.5. The first-order chi connectivity index (χ1) is 9.13. The lowest BCUT2D eigenvalue weighted by atomic mass is 10.3. The summed E-state index contributed by atoms with van der Waals surface area (Å²) in [6.07, 6.45) is 0.777. The van der Waals surface area contributed by atoms with Crippen LogP contribution in [0.1, 0.15) is 29.9 Å². The van der Waals surface area contributed by atoms with Crippen molar-refractivity contribution in [2.45, 2.75) is 20.3 Å². The third-order valence-corrected chi connectivity index (χ3v) is 3.33. The van der Waals surface area contributed by atoms with Gasteiger partial charge in [-0.05, 0) is 24.8 Å². The second-order valence-corrected chi connectivity index (χ2v) is 4.77. The zero-order valence-corrected chi connectivity index (χ0v) is 12.3. The van der Waals surface area contributed by atoms with Crippen LogP contribution < -0.4 is 4.74 Å². The van der Waals surface area contributed by atoms with E-state index in [9.17, 15) is 9.59 Å². The molecule has 0 fully saturated rings. The van der Waals surface area contributed by atoms with E-state index >= 15 is 0 Å². The lowest BCUT2D eigenvalue weighted by Gasteiger charge is -2.20. The van der Waals surface area contributed by atoms with Crippen LogP contribution in [-0.2, 0) is 9.53 Å². The monoisotopic (exact) mass is 285 g/mol. The maximum absolute atomic E-state index is 12.4. The predicted octanol–water partition coefficient (Wildman–Crippen LogP) is 2.17. The summed E-state index contributed by atoms with van der Waals surface area (Å²) in [5, 5.41) is 1.79. The molecule has 1 aromatic rings. The molecule has 0 spiro atoms. The summed E-state index contributed by atoms with van der Waals surface area (Å²) in [5.74, 6) is -0.0402. The molecule has 19 heavy (non-hydrogen) atoms. The van der Waals surface area contributed by atoms with Gasteiger partial charge in [-0.3, -0.25) is 9.59 Å². The molecule has 106 valence electrons. The molecule has 6 heteroatoms. The van der Waals surface area contributed by atoms with Gasteiger partial charge in [0.15, 0.2) is 0 Å². The summed E-state index contributed by atoms with van der Waals surface area (Å²) < 4.78 is 10.0. The summed E-state index contributed by atoms with van der Waals surface area (Å²) in [5.41, 5.74) is 0. The molecule has 0 unspecified atom stereocenters. The summed E-state index contributed by atoms with van der Waals surface area (Å²) >= 11 is 1.31. The van der Waals surface area contributed by atoms with E-state index in [2.05, 4.69) is 0 Å². The second kappa shape index (κ2) is 7.78. The molecule has 0 atom stereocenters. The smallest absolute Gasteiger partial charge is 0.325 e. The summed E-state index contributed by atoms with van der Waals surface area (Å²) in [6.45, 7) is 4.50. The van der Waals surface area contributed by atoms with Crippen molar-refractivity contribution in [1.82, 2.24) is 4.90 Å². The van der Waals surface area contributed by atoms with Gasteiger partial charge in [-0.25, -0.2) is 0 Å². The summed E-state index contributed by atoms with van der Waals surface area (Å²) in [4.78, 5) is 25.9. The lowest BCUT2D eigenvalue weighted by molar-refractivity contribution is -0.143. The Kier molecular flexibility index (Phi) is 6.35. The highest BCUT2D eigenvalue weighted by molar-refractivity contribution is 7.12. The number of ether oxygens (including phenoxy) is 2. The number of amides is 1. The van der Waals surface area contributed by atoms with Crippen LogP contribution in [0.3, 0.4) is 0 Å². The number of carbonyl (C=O) groups excluding carboxylic acids is 2. The van der Waals surface area contributed by atoms with Crippen LogP contribution in [0.5, 0.6) is 5.75 Å². The van der Waals surface area contributed by atoms with Gasteiger partial charge in [-0.1, -0.05) is 6.92 Å². The van der Waals surface area contributed by atoms with Crippen LogP contribution in [0, 0.1) is 0 Å². The third kappa shape index (κ3) is 4.24. The molecule has 0 aliphatic rings. The Morgan fingerprint density at radius 1 is 1.37 bits per heavy atom.